The largest absolute Gasteiger partial charge is 0.388 e. The third-order valence-corrected chi connectivity index (χ3v) is 2.84. The molecule has 1 rings (SSSR count). The Bertz CT molecular complexity index is 234. The first kappa shape index (κ1) is 13.3. The van der Waals surface area contributed by atoms with Crippen LogP contribution in [-0.2, 0) is 0 Å². The maximum absolute atomic E-state index is 9.94. The number of aliphatic imine (C=N–C) groups is 1. The summed E-state index contributed by atoms with van der Waals surface area (Å²) in [5.74, 6) is 1.41. The number of rotatable bonds is 5. The summed E-state index contributed by atoms with van der Waals surface area (Å²) in [6.07, 6.45) is 2.90. The summed E-state index contributed by atoms with van der Waals surface area (Å²) in [5.41, 5.74) is -0.528. The van der Waals surface area contributed by atoms with Crippen LogP contribution in [0.3, 0.4) is 0 Å². The van der Waals surface area contributed by atoms with Gasteiger partial charge in [0.15, 0.2) is 5.96 Å². The minimum absolute atomic E-state index is 0.514. The summed E-state index contributed by atoms with van der Waals surface area (Å²) in [6, 6.07) is 0. The molecule has 0 aromatic rings. The zero-order valence-electron chi connectivity index (χ0n) is 10.7. The Morgan fingerprint density at radius 1 is 1.38 bits per heavy atom. The summed E-state index contributed by atoms with van der Waals surface area (Å²) < 4.78 is 0. The molecule has 0 unspecified atom stereocenters. The molecule has 1 aliphatic carbocycles. The van der Waals surface area contributed by atoms with Crippen LogP contribution in [0.4, 0.5) is 0 Å². The zero-order valence-corrected chi connectivity index (χ0v) is 10.7. The van der Waals surface area contributed by atoms with Gasteiger partial charge in [-0.15, -0.1) is 0 Å². The second kappa shape index (κ2) is 6.09. The number of aliphatic hydroxyl groups is 1. The van der Waals surface area contributed by atoms with Crippen molar-refractivity contribution in [3.05, 3.63) is 0 Å². The van der Waals surface area contributed by atoms with Gasteiger partial charge in [0.1, 0.15) is 0 Å². The van der Waals surface area contributed by atoms with Gasteiger partial charge in [0.05, 0.1) is 12.1 Å². The van der Waals surface area contributed by atoms with Crippen molar-refractivity contribution in [3.63, 3.8) is 0 Å². The Balaban J connectivity index is 2.38. The average Bonchev–Trinajstić information content (AvgIpc) is 2.19. The fourth-order valence-electron chi connectivity index (χ4n) is 1.61. The molecule has 4 heteroatoms. The first-order chi connectivity index (χ1) is 7.56. The van der Waals surface area contributed by atoms with Gasteiger partial charge in [-0.25, -0.2) is 0 Å². The molecule has 0 amide bonds. The van der Waals surface area contributed by atoms with Crippen LogP contribution in [0.1, 0.15) is 40.0 Å². The number of hydrogen-bond donors (Lipinski definition) is 3. The second-order valence-corrected chi connectivity index (χ2v) is 5.05. The maximum atomic E-state index is 9.94. The Morgan fingerprint density at radius 3 is 2.50 bits per heavy atom. The van der Waals surface area contributed by atoms with Crippen LogP contribution in [0.25, 0.3) is 0 Å². The van der Waals surface area contributed by atoms with E-state index in [2.05, 4.69) is 29.5 Å². The van der Waals surface area contributed by atoms with Crippen LogP contribution in [0.15, 0.2) is 4.99 Å². The smallest absolute Gasteiger partial charge is 0.191 e. The van der Waals surface area contributed by atoms with Crippen LogP contribution in [0.2, 0.25) is 0 Å². The maximum Gasteiger partial charge on any atom is 0.191 e. The van der Waals surface area contributed by atoms with Gasteiger partial charge in [0.25, 0.3) is 0 Å². The fraction of sp³-hybridized carbons (Fsp3) is 0.917. The normalized spacial score (nSPS) is 19.4. The van der Waals surface area contributed by atoms with Gasteiger partial charge in [-0.05, 0) is 32.1 Å². The third kappa shape index (κ3) is 4.39. The molecule has 3 N–H and O–H groups in total. The molecule has 1 aliphatic rings. The van der Waals surface area contributed by atoms with Gasteiger partial charge < -0.3 is 15.7 Å². The molecule has 0 saturated heterocycles. The highest BCUT2D eigenvalue weighted by molar-refractivity contribution is 5.79. The third-order valence-electron chi connectivity index (χ3n) is 2.84. The van der Waals surface area contributed by atoms with E-state index in [0.717, 1.165) is 38.3 Å². The van der Waals surface area contributed by atoms with Gasteiger partial charge in [-0.2, -0.15) is 0 Å². The molecule has 0 aromatic heterocycles. The lowest BCUT2D eigenvalue weighted by atomic mass is 9.80. The fourth-order valence-corrected chi connectivity index (χ4v) is 1.61. The van der Waals surface area contributed by atoms with E-state index in [9.17, 15) is 5.11 Å². The van der Waals surface area contributed by atoms with Crippen molar-refractivity contribution in [2.75, 3.05) is 19.6 Å². The van der Waals surface area contributed by atoms with Crippen molar-refractivity contribution < 1.29 is 5.11 Å². The predicted octanol–water partition coefficient (Wildman–Crippen LogP) is 1.11. The van der Waals surface area contributed by atoms with Crippen LogP contribution >= 0.6 is 0 Å². The molecule has 1 saturated carbocycles. The quantitative estimate of drug-likeness (QED) is 0.487. The minimum atomic E-state index is -0.528. The van der Waals surface area contributed by atoms with E-state index in [1.165, 1.54) is 0 Å². The molecular formula is C12H25N3O. The standard InChI is InChI=1S/C12H25N3O/c1-4-13-11(14-8-10(2)3)15-9-12(16)6-5-7-12/h10,16H,4-9H2,1-3H3,(H2,13,14,15). The summed E-state index contributed by atoms with van der Waals surface area (Å²) in [5, 5.41) is 16.4. The minimum Gasteiger partial charge on any atom is -0.388 e. The summed E-state index contributed by atoms with van der Waals surface area (Å²) >= 11 is 0. The molecule has 0 atom stereocenters. The predicted molar refractivity (Wildman–Crippen MR) is 67.6 cm³/mol. The van der Waals surface area contributed by atoms with Crippen LogP contribution in [0, 0.1) is 5.92 Å². The molecule has 0 aliphatic heterocycles. The highest BCUT2D eigenvalue weighted by Gasteiger charge is 2.34. The van der Waals surface area contributed by atoms with Crippen LogP contribution in [-0.4, -0.2) is 36.3 Å². The van der Waals surface area contributed by atoms with E-state index < -0.39 is 5.60 Å². The van der Waals surface area contributed by atoms with Crippen molar-refractivity contribution in [3.8, 4) is 0 Å². The molecule has 0 heterocycles. The van der Waals surface area contributed by atoms with Gasteiger partial charge in [-0.1, -0.05) is 13.8 Å². The SMILES string of the molecule is CCNC(=NCC1(O)CCC1)NCC(C)C. The Morgan fingerprint density at radius 2 is 2.06 bits per heavy atom. The second-order valence-electron chi connectivity index (χ2n) is 5.05. The van der Waals surface area contributed by atoms with E-state index in [4.69, 9.17) is 0 Å². The number of hydrogen-bond acceptors (Lipinski definition) is 2. The average molecular weight is 227 g/mol. The van der Waals surface area contributed by atoms with Crippen molar-refractivity contribution in [2.24, 2.45) is 10.9 Å². The highest BCUT2D eigenvalue weighted by Crippen LogP contribution is 2.31. The van der Waals surface area contributed by atoms with Crippen LogP contribution < -0.4 is 10.6 Å². The zero-order chi connectivity index (χ0) is 12.0. The first-order valence-electron chi connectivity index (χ1n) is 6.30. The molecular weight excluding hydrogens is 202 g/mol. The van der Waals surface area contributed by atoms with E-state index >= 15 is 0 Å². The molecule has 1 fully saturated rings. The molecule has 4 nitrogen and oxygen atoms in total. The molecule has 0 aromatic carbocycles. The van der Waals surface area contributed by atoms with Crippen molar-refractivity contribution in [1.29, 1.82) is 0 Å². The molecule has 0 spiro atoms. The summed E-state index contributed by atoms with van der Waals surface area (Å²) in [7, 11) is 0. The Kier molecular flexibility index (Phi) is 5.06. The monoisotopic (exact) mass is 227 g/mol. The van der Waals surface area contributed by atoms with Crippen LogP contribution in [0.5, 0.6) is 0 Å². The van der Waals surface area contributed by atoms with E-state index in [1.807, 2.05) is 6.92 Å². The lowest BCUT2D eigenvalue weighted by Crippen LogP contribution is -2.43. The molecule has 94 valence electrons. The van der Waals surface area contributed by atoms with Crippen molar-refractivity contribution >= 4 is 5.96 Å². The van der Waals surface area contributed by atoms with Gasteiger partial charge >= 0.3 is 0 Å². The number of nitrogens with one attached hydrogen (secondary N) is 2. The van der Waals surface area contributed by atoms with E-state index in [-0.39, 0.29) is 0 Å². The number of nitrogens with zero attached hydrogens (tertiary/aromatic N) is 1. The topological polar surface area (TPSA) is 56.7 Å². The lowest BCUT2D eigenvalue weighted by Gasteiger charge is -2.35. The van der Waals surface area contributed by atoms with E-state index in [0.29, 0.717) is 12.5 Å². The Labute approximate surface area is 98.5 Å². The molecule has 0 radical (unpaired) electrons. The van der Waals surface area contributed by atoms with Gasteiger partial charge in [0, 0.05) is 13.1 Å². The van der Waals surface area contributed by atoms with Crippen molar-refractivity contribution in [2.45, 2.75) is 45.6 Å². The van der Waals surface area contributed by atoms with E-state index in [1.54, 1.807) is 0 Å². The highest BCUT2D eigenvalue weighted by atomic mass is 16.3. The molecule has 16 heavy (non-hydrogen) atoms. The Hall–Kier alpha value is -0.770. The summed E-state index contributed by atoms with van der Waals surface area (Å²) in [4.78, 5) is 4.42. The first-order valence-corrected chi connectivity index (χ1v) is 6.30. The van der Waals surface area contributed by atoms with Gasteiger partial charge in [0.2, 0.25) is 0 Å². The lowest BCUT2D eigenvalue weighted by molar-refractivity contribution is -0.0236. The number of guanidine groups is 1. The van der Waals surface area contributed by atoms with Crippen molar-refractivity contribution in [1.82, 2.24) is 10.6 Å². The summed E-state index contributed by atoms with van der Waals surface area (Å²) in [6.45, 7) is 8.64. The molecule has 0 bridgehead atoms. The van der Waals surface area contributed by atoms with Gasteiger partial charge in [-0.3, -0.25) is 4.99 Å².